The van der Waals surface area contributed by atoms with Gasteiger partial charge < -0.3 is 10.2 Å². The molecule has 108 valence electrons. The first kappa shape index (κ1) is 16.3. The first-order valence-corrected chi connectivity index (χ1v) is 8.40. The molecule has 0 amide bonds. The van der Waals surface area contributed by atoms with Crippen LogP contribution in [0.25, 0.3) is 0 Å². The van der Waals surface area contributed by atoms with Gasteiger partial charge in [0.25, 0.3) is 0 Å². The highest BCUT2D eigenvalue weighted by molar-refractivity contribution is 7.98. The Kier molecular flexibility index (Phi) is 7.24. The van der Waals surface area contributed by atoms with Crippen molar-refractivity contribution in [1.29, 1.82) is 0 Å². The van der Waals surface area contributed by atoms with E-state index in [2.05, 4.69) is 61.4 Å². The largest absolute Gasteiger partial charge is 0.356 e. The van der Waals surface area contributed by atoms with Crippen molar-refractivity contribution in [1.82, 2.24) is 10.3 Å². The van der Waals surface area contributed by atoms with Gasteiger partial charge in [0.15, 0.2) is 0 Å². The van der Waals surface area contributed by atoms with E-state index in [-0.39, 0.29) is 0 Å². The summed E-state index contributed by atoms with van der Waals surface area (Å²) in [5.41, 5.74) is 1.25. The van der Waals surface area contributed by atoms with Crippen LogP contribution in [-0.4, -0.2) is 36.6 Å². The van der Waals surface area contributed by atoms with E-state index in [0.717, 1.165) is 24.5 Å². The average molecular weight is 281 g/mol. The molecule has 0 aromatic carbocycles. The van der Waals surface area contributed by atoms with Gasteiger partial charge in [0, 0.05) is 31.1 Å². The van der Waals surface area contributed by atoms with Gasteiger partial charge in [0.05, 0.1) is 0 Å². The van der Waals surface area contributed by atoms with Crippen molar-refractivity contribution < 1.29 is 0 Å². The Bertz CT molecular complexity index is 353. The van der Waals surface area contributed by atoms with E-state index >= 15 is 0 Å². The zero-order valence-electron chi connectivity index (χ0n) is 12.8. The summed E-state index contributed by atoms with van der Waals surface area (Å²) in [5, 5.41) is 3.48. The van der Waals surface area contributed by atoms with E-state index in [1.165, 1.54) is 5.56 Å². The Morgan fingerprint density at radius 3 is 2.63 bits per heavy atom. The predicted octanol–water partition coefficient (Wildman–Crippen LogP) is 3.33. The predicted molar refractivity (Wildman–Crippen MR) is 87.2 cm³/mol. The molecule has 0 saturated carbocycles. The highest BCUT2D eigenvalue weighted by atomic mass is 32.2. The Balaban J connectivity index is 2.65. The minimum Gasteiger partial charge on any atom is -0.356 e. The third-order valence-corrected chi connectivity index (χ3v) is 4.22. The van der Waals surface area contributed by atoms with E-state index in [1.807, 2.05) is 18.0 Å². The number of nitrogens with one attached hydrogen (secondary N) is 1. The minimum atomic E-state index is 0.371. The molecule has 1 aromatic rings. The van der Waals surface area contributed by atoms with Gasteiger partial charge >= 0.3 is 0 Å². The lowest BCUT2D eigenvalue weighted by atomic mass is 10.1. The molecular formula is C15H27N3S. The van der Waals surface area contributed by atoms with Gasteiger partial charge in [0.2, 0.25) is 0 Å². The number of pyridine rings is 1. The maximum Gasteiger partial charge on any atom is 0.128 e. The van der Waals surface area contributed by atoms with E-state index in [1.54, 1.807) is 0 Å². The summed E-state index contributed by atoms with van der Waals surface area (Å²) < 4.78 is 0. The molecule has 4 heteroatoms. The third kappa shape index (κ3) is 5.03. The average Bonchev–Trinajstić information content (AvgIpc) is 2.44. The molecule has 1 heterocycles. The van der Waals surface area contributed by atoms with Crippen LogP contribution in [0.15, 0.2) is 18.3 Å². The molecule has 0 bridgehead atoms. The van der Waals surface area contributed by atoms with Crippen LogP contribution in [-0.2, 0) is 0 Å². The van der Waals surface area contributed by atoms with Crippen LogP contribution in [0.4, 0.5) is 5.82 Å². The van der Waals surface area contributed by atoms with Gasteiger partial charge in [-0.2, -0.15) is 11.8 Å². The second-order valence-electron chi connectivity index (χ2n) is 5.04. The van der Waals surface area contributed by atoms with Crippen LogP contribution in [0.5, 0.6) is 0 Å². The fraction of sp³-hybridized carbons (Fsp3) is 0.667. The smallest absolute Gasteiger partial charge is 0.128 e. The molecule has 1 N–H and O–H groups in total. The van der Waals surface area contributed by atoms with Gasteiger partial charge in [-0.1, -0.05) is 13.0 Å². The summed E-state index contributed by atoms with van der Waals surface area (Å²) in [6.07, 6.45) is 5.29. The molecule has 0 aliphatic heterocycles. The van der Waals surface area contributed by atoms with Crippen LogP contribution in [0, 0.1) is 0 Å². The molecule has 1 aromatic heterocycles. The Morgan fingerprint density at radius 1 is 1.37 bits per heavy atom. The molecule has 2 atom stereocenters. The van der Waals surface area contributed by atoms with Crippen LogP contribution >= 0.6 is 11.8 Å². The van der Waals surface area contributed by atoms with Crippen molar-refractivity contribution in [2.75, 3.05) is 30.5 Å². The highest BCUT2D eigenvalue weighted by Gasteiger charge is 2.11. The topological polar surface area (TPSA) is 28.2 Å². The van der Waals surface area contributed by atoms with E-state index < -0.39 is 0 Å². The zero-order valence-corrected chi connectivity index (χ0v) is 13.6. The molecule has 0 fully saturated rings. The molecule has 0 radical (unpaired) electrons. The quantitative estimate of drug-likeness (QED) is 0.791. The normalized spacial score (nSPS) is 14.2. The lowest BCUT2D eigenvalue weighted by Crippen LogP contribution is -2.31. The summed E-state index contributed by atoms with van der Waals surface area (Å²) in [6, 6.07) is 5.17. The van der Waals surface area contributed by atoms with Gasteiger partial charge in [-0.05, 0) is 44.7 Å². The molecule has 19 heavy (non-hydrogen) atoms. The second-order valence-corrected chi connectivity index (χ2v) is 5.95. The molecule has 0 spiro atoms. The molecule has 0 aliphatic carbocycles. The van der Waals surface area contributed by atoms with Crippen molar-refractivity contribution in [2.45, 2.75) is 39.3 Å². The lowest BCUT2D eigenvalue weighted by Gasteiger charge is -2.25. The van der Waals surface area contributed by atoms with Gasteiger partial charge in [0.1, 0.15) is 5.82 Å². The third-order valence-electron chi connectivity index (χ3n) is 3.40. The fourth-order valence-corrected chi connectivity index (χ4v) is 2.63. The van der Waals surface area contributed by atoms with Crippen molar-refractivity contribution in [3.8, 4) is 0 Å². The molecule has 0 aliphatic rings. The van der Waals surface area contributed by atoms with Gasteiger partial charge in [-0.25, -0.2) is 4.98 Å². The Morgan fingerprint density at radius 2 is 2.11 bits per heavy atom. The van der Waals surface area contributed by atoms with Crippen LogP contribution in [0.3, 0.4) is 0 Å². The van der Waals surface area contributed by atoms with Crippen LogP contribution < -0.4 is 10.2 Å². The SMILES string of the molecule is CCCNC(C)c1ccc(N(C)C(C)CSC)nc1. The van der Waals surface area contributed by atoms with Crippen LogP contribution in [0.1, 0.15) is 38.8 Å². The summed E-state index contributed by atoms with van der Waals surface area (Å²) in [7, 11) is 2.11. The summed E-state index contributed by atoms with van der Waals surface area (Å²) >= 11 is 1.87. The van der Waals surface area contributed by atoms with Crippen molar-refractivity contribution in [3.05, 3.63) is 23.9 Å². The highest BCUT2D eigenvalue weighted by Crippen LogP contribution is 2.17. The number of anilines is 1. The lowest BCUT2D eigenvalue weighted by molar-refractivity contribution is 0.569. The fourth-order valence-electron chi connectivity index (χ4n) is 1.92. The molecule has 1 rings (SSSR count). The van der Waals surface area contributed by atoms with E-state index in [4.69, 9.17) is 0 Å². The Labute approximate surface area is 122 Å². The van der Waals surface area contributed by atoms with Gasteiger partial charge in [-0.3, -0.25) is 0 Å². The summed E-state index contributed by atoms with van der Waals surface area (Å²) in [5.74, 6) is 2.17. The maximum absolute atomic E-state index is 4.59. The zero-order chi connectivity index (χ0) is 14.3. The minimum absolute atomic E-state index is 0.371. The number of hydrogen-bond donors (Lipinski definition) is 1. The second kappa shape index (κ2) is 8.43. The number of aromatic nitrogens is 1. The van der Waals surface area contributed by atoms with Crippen LogP contribution in [0.2, 0.25) is 0 Å². The number of rotatable bonds is 8. The standard InChI is InChI=1S/C15H27N3S/c1-6-9-16-13(3)14-7-8-15(17-10-14)18(4)12(2)11-19-5/h7-8,10,12-13,16H,6,9,11H2,1-5H3. The number of nitrogens with zero attached hydrogens (tertiary/aromatic N) is 2. The van der Waals surface area contributed by atoms with Crippen molar-refractivity contribution in [2.24, 2.45) is 0 Å². The first-order valence-electron chi connectivity index (χ1n) is 7.01. The molecule has 3 nitrogen and oxygen atoms in total. The number of hydrogen-bond acceptors (Lipinski definition) is 4. The summed E-state index contributed by atoms with van der Waals surface area (Å²) in [6.45, 7) is 7.65. The summed E-state index contributed by atoms with van der Waals surface area (Å²) in [4.78, 5) is 6.83. The Hall–Kier alpha value is -0.740. The maximum atomic E-state index is 4.59. The van der Waals surface area contributed by atoms with E-state index in [0.29, 0.717) is 12.1 Å². The van der Waals surface area contributed by atoms with E-state index in [9.17, 15) is 0 Å². The van der Waals surface area contributed by atoms with Gasteiger partial charge in [-0.15, -0.1) is 0 Å². The molecular weight excluding hydrogens is 254 g/mol. The molecule has 0 saturated heterocycles. The molecule has 2 unspecified atom stereocenters. The monoisotopic (exact) mass is 281 g/mol. The number of thioether (sulfide) groups is 1. The van der Waals surface area contributed by atoms with Crippen molar-refractivity contribution >= 4 is 17.6 Å². The first-order chi connectivity index (χ1) is 9.10. The van der Waals surface area contributed by atoms with Crippen molar-refractivity contribution in [3.63, 3.8) is 0 Å².